The van der Waals surface area contributed by atoms with Crippen LogP contribution in [0.1, 0.15) is 12.0 Å². The molecule has 128 valence electrons. The monoisotopic (exact) mass is 348 g/mol. The zero-order chi connectivity index (χ0) is 17.4. The summed E-state index contributed by atoms with van der Waals surface area (Å²) < 4.78 is 6.53. The van der Waals surface area contributed by atoms with Crippen LogP contribution in [-0.4, -0.2) is 28.6 Å². The van der Waals surface area contributed by atoms with E-state index >= 15 is 0 Å². The van der Waals surface area contributed by atoms with E-state index < -0.39 is 11.7 Å². The lowest BCUT2D eigenvalue weighted by molar-refractivity contribution is 0.139. The Hall–Kier alpha value is -2.41. The van der Waals surface area contributed by atoms with Crippen LogP contribution in [0.2, 0.25) is 0 Å². The number of benzene rings is 1. The third kappa shape index (κ3) is 5.34. The number of ether oxygens (including phenoxy) is 1. The van der Waals surface area contributed by atoms with Gasteiger partial charge in [0.2, 0.25) is 0 Å². The number of thioether (sulfide) groups is 1. The number of hydrogen-bond acceptors (Lipinski definition) is 5. The molecule has 0 unspecified atom stereocenters. The highest BCUT2D eigenvalue weighted by Crippen LogP contribution is 2.15. The molecule has 2 rings (SSSR count). The van der Waals surface area contributed by atoms with Crippen molar-refractivity contribution in [3.63, 3.8) is 0 Å². The standard InChI is InChI=1S/C17H20N2O4S/c1-24-14-7-5-13(6-8-14)12-23-17(22)18-9-3-11-19-10-2-4-15(20)16(19)21/h2,4-8,10,20H,3,9,11-12H2,1H3,(H,18,22). The van der Waals surface area contributed by atoms with E-state index in [1.807, 2.05) is 30.5 Å². The van der Waals surface area contributed by atoms with E-state index in [1.165, 1.54) is 10.6 Å². The van der Waals surface area contributed by atoms with Crippen molar-refractivity contribution in [2.45, 2.75) is 24.5 Å². The van der Waals surface area contributed by atoms with Crippen LogP contribution >= 0.6 is 11.8 Å². The molecule has 0 aliphatic heterocycles. The average molecular weight is 348 g/mol. The van der Waals surface area contributed by atoms with Gasteiger partial charge < -0.3 is 19.7 Å². The van der Waals surface area contributed by atoms with E-state index in [-0.39, 0.29) is 12.4 Å². The highest BCUT2D eigenvalue weighted by atomic mass is 32.2. The van der Waals surface area contributed by atoms with Gasteiger partial charge in [0.15, 0.2) is 5.75 Å². The lowest BCUT2D eigenvalue weighted by Crippen LogP contribution is -2.27. The summed E-state index contributed by atoms with van der Waals surface area (Å²) in [6, 6.07) is 10.8. The first-order valence-corrected chi connectivity index (χ1v) is 8.74. The number of hydrogen-bond donors (Lipinski definition) is 2. The summed E-state index contributed by atoms with van der Waals surface area (Å²) in [4.78, 5) is 24.4. The Labute approximate surface area is 144 Å². The molecule has 1 amide bonds. The van der Waals surface area contributed by atoms with Crippen molar-refractivity contribution in [3.8, 4) is 5.75 Å². The third-order valence-corrected chi connectivity index (χ3v) is 4.12. The largest absolute Gasteiger partial charge is 0.503 e. The Morgan fingerprint density at radius 2 is 2.04 bits per heavy atom. The summed E-state index contributed by atoms with van der Waals surface area (Å²) in [5.74, 6) is -0.280. The van der Waals surface area contributed by atoms with E-state index in [0.717, 1.165) is 10.5 Å². The third-order valence-electron chi connectivity index (χ3n) is 3.37. The number of carbonyl (C=O) groups is 1. The van der Waals surface area contributed by atoms with E-state index in [9.17, 15) is 14.7 Å². The Morgan fingerprint density at radius 3 is 2.75 bits per heavy atom. The molecule has 1 heterocycles. The van der Waals surface area contributed by atoms with Gasteiger partial charge in [0.1, 0.15) is 6.61 Å². The SMILES string of the molecule is CSc1ccc(COC(=O)NCCCn2cccc(O)c2=O)cc1. The van der Waals surface area contributed by atoms with Crippen molar-refractivity contribution in [2.75, 3.05) is 12.8 Å². The molecule has 6 nitrogen and oxygen atoms in total. The number of rotatable bonds is 7. The molecule has 0 atom stereocenters. The molecule has 7 heteroatoms. The maximum absolute atomic E-state index is 11.6. The number of aromatic nitrogens is 1. The number of pyridine rings is 1. The summed E-state index contributed by atoms with van der Waals surface area (Å²) in [6.45, 7) is 1.00. The van der Waals surface area contributed by atoms with Gasteiger partial charge in [-0.15, -0.1) is 11.8 Å². The summed E-state index contributed by atoms with van der Waals surface area (Å²) >= 11 is 1.66. The van der Waals surface area contributed by atoms with E-state index in [4.69, 9.17) is 4.74 Å². The van der Waals surface area contributed by atoms with Gasteiger partial charge >= 0.3 is 6.09 Å². The predicted molar refractivity (Wildman–Crippen MR) is 93.4 cm³/mol. The van der Waals surface area contributed by atoms with Gasteiger partial charge in [-0.3, -0.25) is 4.79 Å². The number of alkyl carbamates (subject to hydrolysis) is 1. The Kier molecular flexibility index (Phi) is 6.74. The lowest BCUT2D eigenvalue weighted by atomic mass is 10.2. The smallest absolute Gasteiger partial charge is 0.407 e. The predicted octanol–water partition coefficient (Wildman–Crippen LogP) is 2.59. The minimum Gasteiger partial charge on any atom is -0.503 e. The molecular formula is C17H20N2O4S. The van der Waals surface area contributed by atoms with Crippen LogP contribution in [0.5, 0.6) is 5.75 Å². The minimum atomic E-state index is -0.493. The minimum absolute atomic E-state index is 0.215. The molecular weight excluding hydrogens is 328 g/mol. The number of nitrogens with zero attached hydrogens (tertiary/aromatic N) is 1. The first kappa shape index (κ1) is 17.9. The quantitative estimate of drug-likeness (QED) is 0.594. The van der Waals surface area contributed by atoms with Crippen LogP contribution in [0, 0.1) is 0 Å². The molecule has 0 bridgehead atoms. The maximum atomic E-state index is 11.6. The van der Waals surface area contributed by atoms with Crippen molar-refractivity contribution in [2.24, 2.45) is 0 Å². The molecule has 0 aliphatic rings. The highest BCUT2D eigenvalue weighted by molar-refractivity contribution is 7.98. The van der Waals surface area contributed by atoms with Crippen molar-refractivity contribution in [3.05, 3.63) is 58.5 Å². The molecule has 1 aromatic carbocycles. The summed E-state index contributed by atoms with van der Waals surface area (Å²) in [5, 5.41) is 12.0. The normalized spacial score (nSPS) is 10.4. The molecule has 24 heavy (non-hydrogen) atoms. The Morgan fingerprint density at radius 1 is 1.29 bits per heavy atom. The van der Waals surface area contributed by atoms with Gasteiger partial charge in [-0.25, -0.2) is 4.79 Å². The second-order valence-corrected chi connectivity index (χ2v) is 5.98. The van der Waals surface area contributed by atoms with E-state index in [2.05, 4.69) is 5.32 Å². The lowest BCUT2D eigenvalue weighted by Gasteiger charge is -2.08. The summed E-state index contributed by atoms with van der Waals surface area (Å²) in [6.07, 6.45) is 3.66. The van der Waals surface area contributed by atoms with Crippen molar-refractivity contribution in [1.82, 2.24) is 9.88 Å². The molecule has 0 spiro atoms. The van der Waals surface area contributed by atoms with Crippen LogP contribution in [0.25, 0.3) is 0 Å². The van der Waals surface area contributed by atoms with Crippen LogP contribution in [0.3, 0.4) is 0 Å². The van der Waals surface area contributed by atoms with Gasteiger partial charge in [-0.1, -0.05) is 12.1 Å². The number of aryl methyl sites for hydroxylation is 1. The zero-order valence-electron chi connectivity index (χ0n) is 13.4. The zero-order valence-corrected chi connectivity index (χ0v) is 14.2. The van der Waals surface area contributed by atoms with Crippen molar-refractivity contribution >= 4 is 17.9 Å². The molecule has 0 aliphatic carbocycles. The summed E-state index contributed by atoms with van der Waals surface area (Å²) in [7, 11) is 0. The highest BCUT2D eigenvalue weighted by Gasteiger charge is 2.04. The van der Waals surface area contributed by atoms with E-state index in [1.54, 1.807) is 24.0 Å². The molecule has 0 saturated carbocycles. The van der Waals surface area contributed by atoms with Gasteiger partial charge in [-0.2, -0.15) is 0 Å². The molecule has 0 saturated heterocycles. The number of amides is 1. The fourth-order valence-corrected chi connectivity index (χ4v) is 2.47. The Bertz CT molecular complexity index is 728. The molecule has 1 aromatic heterocycles. The number of nitrogens with one attached hydrogen (secondary N) is 1. The molecule has 0 fully saturated rings. The first-order valence-electron chi connectivity index (χ1n) is 7.52. The first-order chi connectivity index (χ1) is 11.6. The molecule has 2 aromatic rings. The van der Waals surface area contributed by atoms with Crippen molar-refractivity contribution in [1.29, 1.82) is 0 Å². The van der Waals surface area contributed by atoms with Gasteiger partial charge in [0, 0.05) is 24.2 Å². The van der Waals surface area contributed by atoms with E-state index in [0.29, 0.717) is 19.5 Å². The topological polar surface area (TPSA) is 80.6 Å². The van der Waals surface area contributed by atoms with Gasteiger partial charge in [-0.05, 0) is 42.5 Å². The van der Waals surface area contributed by atoms with Crippen LogP contribution in [0.15, 0.2) is 52.3 Å². The number of aromatic hydroxyl groups is 1. The second-order valence-electron chi connectivity index (χ2n) is 5.10. The maximum Gasteiger partial charge on any atom is 0.407 e. The fourth-order valence-electron chi connectivity index (χ4n) is 2.06. The average Bonchev–Trinajstić information content (AvgIpc) is 2.60. The summed E-state index contributed by atoms with van der Waals surface area (Å²) in [5.41, 5.74) is 0.489. The van der Waals surface area contributed by atoms with Crippen molar-refractivity contribution < 1.29 is 14.6 Å². The Balaban J connectivity index is 1.67. The second kappa shape index (κ2) is 9.02. The van der Waals surface area contributed by atoms with Crippen LogP contribution < -0.4 is 10.9 Å². The van der Waals surface area contributed by atoms with Crippen LogP contribution in [-0.2, 0) is 17.9 Å². The fraction of sp³-hybridized carbons (Fsp3) is 0.294. The van der Waals surface area contributed by atoms with Gasteiger partial charge in [0.05, 0.1) is 0 Å². The molecule has 2 N–H and O–H groups in total. The number of carbonyl (C=O) groups excluding carboxylic acids is 1. The van der Waals surface area contributed by atoms with Crippen LogP contribution in [0.4, 0.5) is 4.79 Å². The molecule has 0 radical (unpaired) electrons. The van der Waals surface area contributed by atoms with Gasteiger partial charge in [0.25, 0.3) is 5.56 Å².